The van der Waals surface area contributed by atoms with Gasteiger partial charge in [-0.2, -0.15) is 0 Å². The van der Waals surface area contributed by atoms with E-state index in [-0.39, 0.29) is 44.8 Å². The molecule has 4 rings (SSSR count). The van der Waals surface area contributed by atoms with Crippen LogP contribution >= 0.6 is 34.9 Å². The summed E-state index contributed by atoms with van der Waals surface area (Å²) in [6.07, 6.45) is 0.669. The number of thiazole rings is 1. The van der Waals surface area contributed by atoms with Crippen LogP contribution in [0.25, 0.3) is 0 Å². The third kappa shape index (κ3) is 5.40. The molecule has 4 heterocycles. The average molecular weight is 612 g/mol. The van der Waals surface area contributed by atoms with Gasteiger partial charge >= 0.3 is 17.1 Å². The molecule has 0 radical (unpaired) electrons. The van der Waals surface area contributed by atoms with Crippen molar-refractivity contribution < 1.29 is 38.9 Å². The summed E-state index contributed by atoms with van der Waals surface area (Å²) < 4.78 is 1.11. The van der Waals surface area contributed by atoms with Crippen molar-refractivity contribution in [1.82, 2.24) is 20.2 Å². The maximum atomic E-state index is 12.9. The highest BCUT2D eigenvalue weighted by atomic mass is 32.2. The number of carbonyl (C=O) groups is 4. The van der Waals surface area contributed by atoms with Gasteiger partial charge < -0.3 is 37.6 Å². The Morgan fingerprint density at radius 1 is 1.35 bits per heavy atom. The van der Waals surface area contributed by atoms with Crippen LogP contribution in [-0.4, -0.2) is 78.0 Å². The van der Waals surface area contributed by atoms with E-state index in [1.807, 2.05) is 0 Å². The summed E-state index contributed by atoms with van der Waals surface area (Å²) in [6.45, 7) is 1.19. The normalized spacial score (nSPS) is 20.0. The van der Waals surface area contributed by atoms with Gasteiger partial charge in [0.1, 0.15) is 29.0 Å². The molecule has 212 valence electrons. The SMILES string of the molecule is C[C@@](O/N=C\C(=O)NC1C(=O)N2C(C(=O)O)=C(CSc3nc(N)cc(N)[n+]3N)CSC12)(C(=O)O)c1csc(N)n1. The highest BCUT2D eigenvalue weighted by Crippen LogP contribution is 2.41. The van der Waals surface area contributed by atoms with E-state index in [2.05, 4.69) is 20.4 Å². The summed E-state index contributed by atoms with van der Waals surface area (Å²) >= 11 is 3.35. The molecule has 11 N–H and O–H groups in total. The molecule has 20 heteroatoms. The third-order valence-corrected chi connectivity index (χ3v) is 8.80. The van der Waals surface area contributed by atoms with Crippen molar-refractivity contribution in [1.29, 1.82) is 0 Å². The number of anilines is 3. The van der Waals surface area contributed by atoms with Gasteiger partial charge in [-0.25, -0.2) is 14.6 Å². The van der Waals surface area contributed by atoms with Gasteiger partial charge in [-0.1, -0.05) is 10.1 Å². The van der Waals surface area contributed by atoms with Gasteiger partial charge in [-0.05, 0) is 24.3 Å². The average Bonchev–Trinajstić information content (AvgIpc) is 3.34. The van der Waals surface area contributed by atoms with E-state index in [1.165, 1.54) is 30.1 Å². The quantitative estimate of drug-likeness (QED) is 0.0294. The number of hydrogen-bond donors (Lipinski definition) is 7. The minimum atomic E-state index is -2.02. The zero-order valence-corrected chi connectivity index (χ0v) is 23.0. The molecule has 0 bridgehead atoms. The Balaban J connectivity index is 1.41. The van der Waals surface area contributed by atoms with Crippen LogP contribution in [0, 0.1) is 0 Å². The van der Waals surface area contributed by atoms with E-state index in [0.717, 1.165) is 32.7 Å². The lowest BCUT2D eigenvalue weighted by Gasteiger charge is -2.49. The van der Waals surface area contributed by atoms with Crippen molar-refractivity contribution in [3.05, 3.63) is 28.4 Å². The van der Waals surface area contributed by atoms with Gasteiger partial charge in [-0.3, -0.25) is 20.3 Å². The summed E-state index contributed by atoms with van der Waals surface area (Å²) in [4.78, 5) is 63.2. The molecule has 0 aromatic carbocycles. The van der Waals surface area contributed by atoms with Crippen LogP contribution in [0.2, 0.25) is 0 Å². The van der Waals surface area contributed by atoms with Gasteiger partial charge in [0.15, 0.2) is 5.13 Å². The second-order valence-electron chi connectivity index (χ2n) is 8.44. The number of nitrogens with one attached hydrogen (secondary N) is 1. The van der Waals surface area contributed by atoms with Crippen LogP contribution in [0.1, 0.15) is 12.6 Å². The maximum Gasteiger partial charge on any atom is 0.357 e. The predicted molar refractivity (Wildman–Crippen MR) is 145 cm³/mol. The van der Waals surface area contributed by atoms with E-state index in [9.17, 15) is 29.4 Å². The summed E-state index contributed by atoms with van der Waals surface area (Å²) in [7, 11) is 0. The molecule has 2 amide bonds. The predicted octanol–water partition coefficient (Wildman–Crippen LogP) is -1.88. The number of nitrogens with zero attached hydrogens (tertiary/aromatic N) is 5. The number of fused-ring (bicyclic) bond motifs is 1. The molecule has 3 atom stereocenters. The lowest BCUT2D eigenvalue weighted by molar-refractivity contribution is -0.667. The minimum absolute atomic E-state index is 0.0123. The summed E-state index contributed by atoms with van der Waals surface area (Å²) in [6, 6.07) is 0.331. The fourth-order valence-electron chi connectivity index (χ4n) is 3.65. The molecule has 2 aromatic rings. The first-order valence-corrected chi connectivity index (χ1v) is 14.0. The number of carboxylic acids is 2. The van der Waals surface area contributed by atoms with Gasteiger partial charge in [-0.15, -0.1) is 27.8 Å². The number of rotatable bonds is 10. The Morgan fingerprint density at radius 2 is 2.08 bits per heavy atom. The van der Waals surface area contributed by atoms with E-state index in [4.69, 9.17) is 27.9 Å². The van der Waals surface area contributed by atoms with Crippen LogP contribution in [-0.2, 0) is 29.6 Å². The molecule has 2 aliphatic rings. The smallest absolute Gasteiger partial charge is 0.357 e. The Kier molecular flexibility index (Phi) is 7.93. The number of aromatic nitrogens is 3. The van der Waals surface area contributed by atoms with Gasteiger partial charge in [0.25, 0.3) is 17.4 Å². The Labute approximate surface area is 237 Å². The van der Waals surface area contributed by atoms with Gasteiger partial charge in [0.05, 0.1) is 6.07 Å². The highest BCUT2D eigenvalue weighted by molar-refractivity contribution is 8.01. The number of nitrogens with two attached hydrogens (primary N) is 4. The lowest BCUT2D eigenvalue weighted by atomic mass is 10.0. The second kappa shape index (κ2) is 11.1. The van der Waals surface area contributed by atoms with Crippen LogP contribution < -0.4 is 33.0 Å². The van der Waals surface area contributed by atoms with Crippen molar-refractivity contribution in [2.24, 2.45) is 5.16 Å². The van der Waals surface area contributed by atoms with E-state index < -0.39 is 40.8 Å². The molecule has 2 aliphatic heterocycles. The zero-order chi connectivity index (χ0) is 29.4. The first-order chi connectivity index (χ1) is 18.8. The van der Waals surface area contributed by atoms with Crippen LogP contribution in [0.4, 0.5) is 16.8 Å². The standard InChI is InChI=1S/C20H22N10O7S3/c1-20(17(35)36,8-6-39-18(23)26-8)37-25-3-11(31)28-12-14(32)29-13(16(33)34)7(4-38-15(12)29)5-40-19-27-9(21)2-10(22)30(19)24/h2-3,6,12,15H,4-5,24H2,1H3,(H8,21,22,23,26,28,31,33,34,35,36)/p+1/b25-3-/t12?,15?,20-/m0/s1. The van der Waals surface area contributed by atoms with Crippen molar-refractivity contribution in [3.63, 3.8) is 0 Å². The van der Waals surface area contributed by atoms with Gasteiger partial charge in [0, 0.05) is 16.9 Å². The number of β-lactam (4-membered cyclic amide) rings is 1. The highest BCUT2D eigenvalue weighted by Gasteiger charge is 2.54. The molecule has 0 spiro atoms. The number of carbonyl (C=O) groups excluding carboxylic acids is 2. The number of carboxylic acid groups (broad SMARTS) is 2. The van der Waals surface area contributed by atoms with Crippen molar-refractivity contribution in [2.75, 3.05) is 34.5 Å². The number of thioether (sulfide) groups is 2. The van der Waals surface area contributed by atoms with Crippen LogP contribution in [0.3, 0.4) is 0 Å². The van der Waals surface area contributed by atoms with Gasteiger partial charge in [0.2, 0.25) is 11.6 Å². The molecular weight excluding hydrogens is 588 g/mol. The first-order valence-electron chi connectivity index (χ1n) is 11.1. The van der Waals surface area contributed by atoms with E-state index in [0.29, 0.717) is 11.8 Å². The number of aliphatic carboxylic acids is 2. The largest absolute Gasteiger partial charge is 0.478 e. The Bertz CT molecular complexity index is 1460. The molecular formula is C20H23N10O7S3+. The molecule has 2 unspecified atom stereocenters. The number of oxime groups is 1. The second-order valence-corrected chi connectivity index (χ2v) is 11.4. The lowest BCUT2D eigenvalue weighted by Crippen LogP contribution is -2.70. The first kappa shape index (κ1) is 28.7. The molecule has 0 saturated carbocycles. The molecule has 1 saturated heterocycles. The number of hydrogen-bond acceptors (Lipinski definition) is 15. The third-order valence-electron chi connectivity index (χ3n) is 5.75. The molecule has 2 aromatic heterocycles. The van der Waals surface area contributed by atoms with E-state index in [1.54, 1.807) is 0 Å². The molecule has 40 heavy (non-hydrogen) atoms. The Morgan fingerprint density at radius 3 is 2.70 bits per heavy atom. The van der Waals surface area contributed by atoms with Crippen molar-refractivity contribution in [2.45, 2.75) is 29.1 Å². The fraction of sp³-hybridized carbons (Fsp3) is 0.300. The topological polar surface area (TPSA) is 279 Å². The molecule has 0 aliphatic carbocycles. The summed E-state index contributed by atoms with van der Waals surface area (Å²) in [5, 5.41) is 26.4. The van der Waals surface area contributed by atoms with Crippen molar-refractivity contribution in [3.8, 4) is 0 Å². The van der Waals surface area contributed by atoms with Crippen molar-refractivity contribution >= 4 is 81.6 Å². The summed E-state index contributed by atoms with van der Waals surface area (Å²) in [5.41, 5.74) is 15.2. The minimum Gasteiger partial charge on any atom is -0.478 e. The Hall–Kier alpha value is -4.30. The van der Waals surface area contributed by atoms with Crippen LogP contribution in [0.15, 0.2) is 33.0 Å². The molecule has 1 fully saturated rings. The number of nitrogen functional groups attached to an aromatic ring is 4. The zero-order valence-electron chi connectivity index (χ0n) is 20.5. The summed E-state index contributed by atoms with van der Waals surface area (Å²) in [5.74, 6) is 2.30. The van der Waals surface area contributed by atoms with E-state index >= 15 is 0 Å². The monoisotopic (exact) mass is 611 g/mol. The molecule has 17 nitrogen and oxygen atoms in total. The maximum absolute atomic E-state index is 12.9. The van der Waals surface area contributed by atoms with Crippen LogP contribution in [0.5, 0.6) is 0 Å². The fourth-order valence-corrected chi connectivity index (χ4v) is 6.74. The number of amides is 2.